The molecule has 1 aromatic carbocycles. The lowest BCUT2D eigenvalue weighted by Crippen LogP contribution is -2.40. The van der Waals surface area contributed by atoms with Gasteiger partial charge in [0.05, 0.1) is 21.8 Å². The summed E-state index contributed by atoms with van der Waals surface area (Å²) >= 11 is 2.91. The molecule has 1 saturated heterocycles. The Balaban J connectivity index is 1.48. The summed E-state index contributed by atoms with van der Waals surface area (Å²) in [4.78, 5) is 23.5. The van der Waals surface area contributed by atoms with Crippen LogP contribution in [0.4, 0.5) is 14.7 Å². The summed E-state index contributed by atoms with van der Waals surface area (Å²) in [6.07, 6.45) is 1.78. The Kier molecular flexibility index (Phi) is 4.39. The Hall–Kier alpha value is -2.06. The molecule has 1 fully saturated rings. The summed E-state index contributed by atoms with van der Waals surface area (Å²) in [5, 5.41) is 6.33. The van der Waals surface area contributed by atoms with E-state index < -0.39 is 0 Å². The van der Waals surface area contributed by atoms with Crippen LogP contribution >= 0.6 is 22.7 Å². The zero-order chi connectivity index (χ0) is 17.4. The molecule has 0 aliphatic carbocycles. The van der Waals surface area contributed by atoms with Gasteiger partial charge in [-0.1, -0.05) is 11.3 Å². The fourth-order valence-corrected chi connectivity index (χ4v) is 4.72. The molecule has 0 spiro atoms. The number of hydrogen-bond acceptors (Lipinski definition) is 6. The van der Waals surface area contributed by atoms with Crippen molar-refractivity contribution in [2.24, 2.45) is 5.92 Å². The number of amides is 1. The molecule has 3 heterocycles. The SMILES string of the molecule is Cc1csc(NC(=O)C2CCCN(c3nc4ccc(F)cc4s3)C2)n1. The molecule has 8 heteroatoms. The predicted molar refractivity (Wildman–Crippen MR) is 100.0 cm³/mol. The third-order valence-corrected chi connectivity index (χ3v) is 6.21. The average Bonchev–Trinajstić information content (AvgIpc) is 3.20. The minimum Gasteiger partial charge on any atom is -0.347 e. The number of thiazole rings is 2. The van der Waals surface area contributed by atoms with Gasteiger partial charge in [-0.2, -0.15) is 0 Å². The number of benzene rings is 1. The lowest BCUT2D eigenvalue weighted by atomic mass is 9.97. The van der Waals surface area contributed by atoms with Gasteiger partial charge in [-0.25, -0.2) is 14.4 Å². The summed E-state index contributed by atoms with van der Waals surface area (Å²) in [5.74, 6) is -0.342. The molecule has 1 aliphatic rings. The van der Waals surface area contributed by atoms with Crippen molar-refractivity contribution in [2.45, 2.75) is 19.8 Å². The number of nitrogens with zero attached hydrogens (tertiary/aromatic N) is 3. The largest absolute Gasteiger partial charge is 0.347 e. The van der Waals surface area contributed by atoms with E-state index in [4.69, 9.17) is 0 Å². The highest BCUT2D eigenvalue weighted by molar-refractivity contribution is 7.22. The lowest BCUT2D eigenvalue weighted by molar-refractivity contribution is -0.120. The van der Waals surface area contributed by atoms with Gasteiger partial charge in [-0.05, 0) is 38.0 Å². The molecule has 1 amide bonds. The van der Waals surface area contributed by atoms with Crippen LogP contribution in [-0.2, 0) is 4.79 Å². The molecule has 0 saturated carbocycles. The number of halogens is 1. The number of carbonyl (C=O) groups is 1. The lowest BCUT2D eigenvalue weighted by Gasteiger charge is -2.31. The van der Waals surface area contributed by atoms with Gasteiger partial charge in [0.1, 0.15) is 5.82 Å². The summed E-state index contributed by atoms with van der Waals surface area (Å²) in [5.41, 5.74) is 1.71. The molecule has 2 aromatic heterocycles. The van der Waals surface area contributed by atoms with E-state index in [2.05, 4.69) is 20.2 Å². The number of aromatic nitrogens is 2. The third-order valence-electron chi connectivity index (χ3n) is 4.25. The van der Waals surface area contributed by atoms with E-state index in [0.717, 1.165) is 40.4 Å². The molecule has 1 aliphatic heterocycles. The first kappa shape index (κ1) is 16.4. The van der Waals surface area contributed by atoms with Crippen LogP contribution in [0.5, 0.6) is 0 Å². The van der Waals surface area contributed by atoms with E-state index in [-0.39, 0.29) is 17.6 Å². The number of nitrogens with one attached hydrogen (secondary N) is 1. The van der Waals surface area contributed by atoms with E-state index in [0.29, 0.717) is 11.7 Å². The molecule has 0 bridgehead atoms. The predicted octanol–water partition coefficient (Wildman–Crippen LogP) is 4.06. The van der Waals surface area contributed by atoms with Gasteiger partial charge in [-0.15, -0.1) is 11.3 Å². The monoisotopic (exact) mass is 376 g/mol. The summed E-state index contributed by atoms with van der Waals surface area (Å²) < 4.78 is 14.2. The number of hydrogen-bond donors (Lipinski definition) is 1. The van der Waals surface area contributed by atoms with Crippen LogP contribution in [0.25, 0.3) is 10.2 Å². The number of aryl methyl sites for hydroxylation is 1. The van der Waals surface area contributed by atoms with Crippen LogP contribution in [0.15, 0.2) is 23.6 Å². The van der Waals surface area contributed by atoms with Crippen LogP contribution in [-0.4, -0.2) is 29.0 Å². The van der Waals surface area contributed by atoms with Crippen molar-refractivity contribution < 1.29 is 9.18 Å². The van der Waals surface area contributed by atoms with Gasteiger partial charge in [0, 0.05) is 18.5 Å². The normalized spacial score (nSPS) is 17.8. The van der Waals surface area contributed by atoms with E-state index in [9.17, 15) is 9.18 Å². The summed E-state index contributed by atoms with van der Waals surface area (Å²) in [6, 6.07) is 4.63. The van der Waals surface area contributed by atoms with Gasteiger partial charge < -0.3 is 10.2 Å². The first-order valence-electron chi connectivity index (χ1n) is 8.12. The molecule has 5 nitrogen and oxygen atoms in total. The smallest absolute Gasteiger partial charge is 0.231 e. The molecule has 1 N–H and O–H groups in total. The highest BCUT2D eigenvalue weighted by Crippen LogP contribution is 2.32. The van der Waals surface area contributed by atoms with Crippen molar-refractivity contribution in [3.63, 3.8) is 0 Å². The second-order valence-corrected chi connectivity index (χ2v) is 8.04. The Morgan fingerprint density at radius 2 is 2.28 bits per heavy atom. The number of rotatable bonds is 3. The molecular weight excluding hydrogens is 359 g/mol. The second-order valence-electron chi connectivity index (χ2n) is 6.18. The second kappa shape index (κ2) is 6.68. The zero-order valence-corrected chi connectivity index (χ0v) is 15.3. The molecule has 25 heavy (non-hydrogen) atoms. The number of anilines is 2. The van der Waals surface area contributed by atoms with Gasteiger partial charge in [0.2, 0.25) is 5.91 Å². The zero-order valence-electron chi connectivity index (χ0n) is 13.7. The summed E-state index contributed by atoms with van der Waals surface area (Å²) in [6.45, 7) is 3.39. The van der Waals surface area contributed by atoms with Crippen LogP contribution in [0, 0.1) is 18.7 Å². The van der Waals surface area contributed by atoms with Crippen molar-refractivity contribution >= 4 is 49.1 Å². The fraction of sp³-hybridized carbons (Fsp3) is 0.353. The van der Waals surface area contributed by atoms with Gasteiger partial charge in [0.25, 0.3) is 0 Å². The summed E-state index contributed by atoms with van der Waals surface area (Å²) in [7, 11) is 0. The van der Waals surface area contributed by atoms with Gasteiger partial charge >= 0.3 is 0 Å². The third kappa shape index (κ3) is 3.50. The van der Waals surface area contributed by atoms with Gasteiger partial charge in [-0.3, -0.25) is 4.79 Å². The highest BCUT2D eigenvalue weighted by Gasteiger charge is 2.28. The van der Waals surface area contributed by atoms with Crippen molar-refractivity contribution in [1.29, 1.82) is 0 Å². The maximum Gasteiger partial charge on any atom is 0.231 e. The molecule has 4 rings (SSSR count). The van der Waals surface area contributed by atoms with Crippen LogP contribution in [0.2, 0.25) is 0 Å². The Bertz CT molecular complexity index is 922. The first-order valence-corrected chi connectivity index (χ1v) is 9.82. The molecule has 3 aromatic rings. The molecule has 1 unspecified atom stereocenters. The maximum atomic E-state index is 13.4. The van der Waals surface area contributed by atoms with Crippen molar-refractivity contribution in [1.82, 2.24) is 9.97 Å². The quantitative estimate of drug-likeness (QED) is 0.749. The molecular formula is C17H17FN4OS2. The maximum absolute atomic E-state index is 13.4. The molecule has 130 valence electrons. The average molecular weight is 376 g/mol. The highest BCUT2D eigenvalue weighted by atomic mass is 32.1. The number of fused-ring (bicyclic) bond motifs is 1. The minimum atomic E-state index is -0.252. The Morgan fingerprint density at radius 3 is 3.08 bits per heavy atom. The van der Waals surface area contributed by atoms with Crippen LogP contribution in [0.3, 0.4) is 0 Å². The van der Waals surface area contributed by atoms with Crippen LogP contribution in [0.1, 0.15) is 18.5 Å². The van der Waals surface area contributed by atoms with Crippen molar-refractivity contribution in [2.75, 3.05) is 23.3 Å². The first-order chi connectivity index (χ1) is 12.1. The topological polar surface area (TPSA) is 58.1 Å². The Morgan fingerprint density at radius 1 is 1.40 bits per heavy atom. The van der Waals surface area contributed by atoms with Crippen LogP contribution < -0.4 is 10.2 Å². The standard InChI is InChI=1S/C17H17FN4OS2/c1-10-9-24-16(19-10)21-15(23)11-3-2-6-22(8-11)17-20-13-5-4-12(18)7-14(13)25-17/h4-5,7,9,11H,2-3,6,8H2,1H3,(H,19,21,23). The van der Waals surface area contributed by atoms with Gasteiger partial charge in [0.15, 0.2) is 10.3 Å². The van der Waals surface area contributed by atoms with Crippen molar-refractivity contribution in [3.05, 3.63) is 35.1 Å². The van der Waals surface area contributed by atoms with E-state index in [1.807, 2.05) is 12.3 Å². The fourth-order valence-electron chi connectivity index (χ4n) is 3.01. The van der Waals surface area contributed by atoms with E-state index >= 15 is 0 Å². The Labute approximate surface area is 152 Å². The number of piperidine rings is 1. The minimum absolute atomic E-state index is 0.00575. The van der Waals surface area contributed by atoms with Crippen molar-refractivity contribution in [3.8, 4) is 0 Å². The number of carbonyl (C=O) groups excluding carboxylic acids is 1. The van der Waals surface area contributed by atoms with E-state index in [1.54, 1.807) is 6.07 Å². The van der Waals surface area contributed by atoms with E-state index in [1.165, 1.54) is 34.8 Å². The molecule has 1 atom stereocenters. The molecule has 0 radical (unpaired) electrons.